The van der Waals surface area contributed by atoms with E-state index in [4.69, 9.17) is 9.15 Å². The zero-order valence-corrected chi connectivity index (χ0v) is 19.0. The Morgan fingerprint density at radius 2 is 2.03 bits per heavy atom. The molecule has 1 amide bonds. The first-order chi connectivity index (χ1) is 15.1. The summed E-state index contributed by atoms with van der Waals surface area (Å²) in [6.07, 6.45) is 3.91. The summed E-state index contributed by atoms with van der Waals surface area (Å²) >= 11 is 2.64. The Bertz CT molecular complexity index is 1110. The van der Waals surface area contributed by atoms with Gasteiger partial charge in [0.25, 0.3) is 5.22 Å². The second-order valence-electron chi connectivity index (χ2n) is 7.16. The molecular formula is C22H23N3O4S2. The number of nitrogens with one attached hydrogen (secondary N) is 1. The van der Waals surface area contributed by atoms with E-state index < -0.39 is 0 Å². The molecule has 0 fully saturated rings. The maximum absolute atomic E-state index is 12.6. The van der Waals surface area contributed by atoms with Gasteiger partial charge in [0.1, 0.15) is 5.00 Å². The lowest BCUT2D eigenvalue weighted by Crippen LogP contribution is -2.17. The van der Waals surface area contributed by atoms with Crippen LogP contribution >= 0.6 is 23.1 Å². The van der Waals surface area contributed by atoms with E-state index in [1.165, 1.54) is 11.3 Å². The molecule has 162 valence electrons. The molecule has 0 aliphatic heterocycles. The van der Waals surface area contributed by atoms with E-state index in [-0.39, 0.29) is 17.6 Å². The first-order valence-electron chi connectivity index (χ1n) is 10.2. The van der Waals surface area contributed by atoms with E-state index in [2.05, 4.69) is 15.5 Å². The third kappa shape index (κ3) is 4.83. The zero-order valence-electron chi connectivity index (χ0n) is 17.4. The van der Waals surface area contributed by atoms with Crippen LogP contribution in [0, 0.1) is 6.92 Å². The third-order valence-electron chi connectivity index (χ3n) is 5.01. The standard InChI is InChI=1S/C22H23N3O4S2/c1-3-28-21(27)18-15-10-6-7-11-16(15)31-20(18)23-17(26)12-30-22-25-24-19(29-22)14-9-5-4-8-13(14)2/h4-5,8-9H,3,6-7,10-12H2,1-2H3,(H,23,26). The number of hydrogen-bond donors (Lipinski definition) is 1. The van der Waals surface area contributed by atoms with Gasteiger partial charge in [-0.1, -0.05) is 30.0 Å². The number of aromatic nitrogens is 2. The molecule has 7 nitrogen and oxygen atoms in total. The molecule has 1 aliphatic carbocycles. The number of amides is 1. The van der Waals surface area contributed by atoms with Crippen molar-refractivity contribution in [1.82, 2.24) is 10.2 Å². The minimum Gasteiger partial charge on any atom is -0.462 e. The number of rotatable bonds is 7. The van der Waals surface area contributed by atoms with Crippen molar-refractivity contribution in [3.8, 4) is 11.5 Å². The average molecular weight is 458 g/mol. The number of aryl methyl sites for hydroxylation is 2. The molecule has 9 heteroatoms. The number of carbonyl (C=O) groups excluding carboxylic acids is 2. The maximum atomic E-state index is 12.6. The quantitative estimate of drug-likeness (QED) is 0.399. The predicted molar refractivity (Wildman–Crippen MR) is 121 cm³/mol. The average Bonchev–Trinajstić information content (AvgIpc) is 3.37. The fourth-order valence-corrected chi connectivity index (χ4v) is 5.41. The van der Waals surface area contributed by atoms with Gasteiger partial charge in [0.2, 0.25) is 11.8 Å². The molecule has 0 saturated heterocycles. The number of fused-ring (bicyclic) bond motifs is 1. The van der Waals surface area contributed by atoms with Gasteiger partial charge in [0.15, 0.2) is 0 Å². The van der Waals surface area contributed by atoms with Crippen LogP contribution in [-0.2, 0) is 22.4 Å². The van der Waals surface area contributed by atoms with E-state index in [1.54, 1.807) is 6.92 Å². The smallest absolute Gasteiger partial charge is 0.341 e. The van der Waals surface area contributed by atoms with Crippen molar-refractivity contribution in [2.24, 2.45) is 0 Å². The van der Waals surface area contributed by atoms with Crippen molar-refractivity contribution in [3.05, 3.63) is 45.8 Å². The molecule has 31 heavy (non-hydrogen) atoms. The summed E-state index contributed by atoms with van der Waals surface area (Å²) in [6.45, 7) is 4.05. The van der Waals surface area contributed by atoms with Crippen molar-refractivity contribution >= 4 is 40.0 Å². The van der Waals surface area contributed by atoms with Crippen LogP contribution in [0.2, 0.25) is 0 Å². The first-order valence-corrected chi connectivity index (χ1v) is 12.0. The SMILES string of the molecule is CCOC(=O)c1c(NC(=O)CSc2nnc(-c3ccccc3C)o2)sc2c1CCCC2. The number of thioether (sulfide) groups is 1. The summed E-state index contributed by atoms with van der Waals surface area (Å²) in [5.41, 5.74) is 3.44. The minimum absolute atomic E-state index is 0.0975. The minimum atomic E-state index is -0.371. The number of anilines is 1. The molecule has 0 atom stereocenters. The highest BCUT2D eigenvalue weighted by Gasteiger charge is 2.27. The Balaban J connectivity index is 1.43. The molecule has 2 heterocycles. The molecule has 0 saturated carbocycles. The second kappa shape index (κ2) is 9.65. The fourth-order valence-electron chi connectivity index (χ4n) is 3.55. The predicted octanol–water partition coefficient (Wildman–Crippen LogP) is 4.89. The van der Waals surface area contributed by atoms with Gasteiger partial charge >= 0.3 is 5.97 Å². The Kier molecular flexibility index (Phi) is 6.72. The topological polar surface area (TPSA) is 94.3 Å². The Morgan fingerprint density at radius 3 is 2.84 bits per heavy atom. The van der Waals surface area contributed by atoms with Crippen molar-refractivity contribution in [3.63, 3.8) is 0 Å². The van der Waals surface area contributed by atoms with Crippen LogP contribution in [-0.4, -0.2) is 34.4 Å². The number of esters is 1. The normalized spacial score (nSPS) is 13.0. The summed E-state index contributed by atoms with van der Waals surface area (Å²) in [4.78, 5) is 26.3. The summed E-state index contributed by atoms with van der Waals surface area (Å²) in [5.74, 6) is -0.0776. The van der Waals surface area contributed by atoms with E-state index in [9.17, 15) is 9.59 Å². The highest BCUT2D eigenvalue weighted by atomic mass is 32.2. The molecule has 0 unspecified atom stereocenters. The molecule has 0 spiro atoms. The van der Waals surface area contributed by atoms with Crippen molar-refractivity contribution in [1.29, 1.82) is 0 Å². The van der Waals surface area contributed by atoms with E-state index >= 15 is 0 Å². The Morgan fingerprint density at radius 1 is 1.23 bits per heavy atom. The highest BCUT2D eigenvalue weighted by molar-refractivity contribution is 7.99. The van der Waals surface area contributed by atoms with Gasteiger partial charge in [0, 0.05) is 10.4 Å². The monoisotopic (exact) mass is 457 g/mol. The number of nitrogens with zero attached hydrogens (tertiary/aromatic N) is 2. The molecule has 1 N–H and O–H groups in total. The molecule has 1 aromatic carbocycles. The van der Waals surface area contributed by atoms with Crippen LogP contribution < -0.4 is 5.32 Å². The molecule has 4 rings (SSSR count). The van der Waals surface area contributed by atoms with E-state index in [0.717, 1.165) is 59.0 Å². The molecule has 2 aromatic heterocycles. The molecule has 1 aliphatic rings. The summed E-state index contributed by atoms with van der Waals surface area (Å²) in [6, 6.07) is 7.75. The lowest BCUT2D eigenvalue weighted by Gasteiger charge is -2.12. The van der Waals surface area contributed by atoms with Gasteiger partial charge in [0.05, 0.1) is 17.9 Å². The zero-order chi connectivity index (χ0) is 21.8. The number of carbonyl (C=O) groups is 2. The summed E-state index contributed by atoms with van der Waals surface area (Å²) in [7, 11) is 0. The van der Waals surface area contributed by atoms with Gasteiger partial charge in [-0.2, -0.15) is 0 Å². The first kappa shape index (κ1) is 21.6. The third-order valence-corrected chi connectivity index (χ3v) is 7.04. The Labute approximate surface area is 188 Å². The molecule has 0 radical (unpaired) electrons. The lowest BCUT2D eigenvalue weighted by molar-refractivity contribution is -0.113. The number of hydrogen-bond acceptors (Lipinski definition) is 8. The second-order valence-corrected chi connectivity index (χ2v) is 9.19. The Hall–Kier alpha value is -2.65. The van der Waals surface area contributed by atoms with Crippen molar-refractivity contribution < 1.29 is 18.7 Å². The van der Waals surface area contributed by atoms with Crippen LogP contribution in [0.5, 0.6) is 0 Å². The van der Waals surface area contributed by atoms with Gasteiger partial charge in [-0.3, -0.25) is 4.79 Å². The lowest BCUT2D eigenvalue weighted by atomic mass is 9.95. The van der Waals surface area contributed by atoms with Gasteiger partial charge in [-0.05, 0) is 56.7 Å². The summed E-state index contributed by atoms with van der Waals surface area (Å²) < 4.78 is 10.9. The van der Waals surface area contributed by atoms with Crippen molar-refractivity contribution in [2.45, 2.75) is 44.8 Å². The molecular weight excluding hydrogens is 434 g/mol. The highest BCUT2D eigenvalue weighted by Crippen LogP contribution is 2.38. The molecule has 0 bridgehead atoms. The summed E-state index contributed by atoms with van der Waals surface area (Å²) in [5, 5.41) is 11.9. The number of benzene rings is 1. The van der Waals surface area contributed by atoms with Crippen LogP contribution in [0.1, 0.15) is 46.1 Å². The molecule has 3 aromatic rings. The van der Waals surface area contributed by atoms with Gasteiger partial charge < -0.3 is 14.5 Å². The van der Waals surface area contributed by atoms with Crippen LogP contribution in [0.15, 0.2) is 33.9 Å². The van der Waals surface area contributed by atoms with Gasteiger partial charge in [-0.25, -0.2) is 4.79 Å². The number of thiophene rings is 1. The van der Waals surface area contributed by atoms with Crippen LogP contribution in [0.4, 0.5) is 5.00 Å². The van der Waals surface area contributed by atoms with Gasteiger partial charge in [-0.15, -0.1) is 21.5 Å². The maximum Gasteiger partial charge on any atom is 0.341 e. The number of ether oxygens (including phenoxy) is 1. The largest absolute Gasteiger partial charge is 0.462 e. The van der Waals surface area contributed by atoms with Crippen molar-refractivity contribution in [2.75, 3.05) is 17.7 Å². The van der Waals surface area contributed by atoms with E-state index in [0.29, 0.717) is 28.3 Å². The fraction of sp³-hybridized carbons (Fsp3) is 0.364. The van der Waals surface area contributed by atoms with Crippen LogP contribution in [0.3, 0.4) is 0 Å². The van der Waals surface area contributed by atoms with Crippen LogP contribution in [0.25, 0.3) is 11.5 Å². The van der Waals surface area contributed by atoms with E-state index in [1.807, 2.05) is 31.2 Å².